The number of hydrogen-bond acceptors (Lipinski definition) is 5. The van der Waals surface area contributed by atoms with Crippen molar-refractivity contribution in [3.05, 3.63) is 64.7 Å². The maximum atomic E-state index is 11.1. The molecule has 1 aliphatic carbocycles. The van der Waals surface area contributed by atoms with E-state index in [-0.39, 0.29) is 0 Å². The van der Waals surface area contributed by atoms with Crippen LogP contribution in [0, 0.1) is 0 Å². The standard InChI is InChI=1S/C19H18I2O5/c1-23-15-6-7-16(18(12-15)24-2)14(9-10-22)5-3-13-4-8-17(25-20)19(11-13)26-21/h3-5,8-12H,6-7H2,1-2H3/b5-3+,14-9-. The van der Waals surface area contributed by atoms with Crippen LogP contribution < -0.4 is 6.13 Å². The number of methoxy groups -OCH3 is 2. The summed E-state index contributed by atoms with van der Waals surface area (Å²) in [6, 6.07) is 5.61. The Bertz CT molecular complexity index is 778. The van der Waals surface area contributed by atoms with Crippen molar-refractivity contribution >= 4 is 58.4 Å². The molecule has 0 saturated heterocycles. The first-order valence-electron chi connectivity index (χ1n) is 7.73. The molecule has 0 aromatic heterocycles. The Labute approximate surface area is 181 Å². The van der Waals surface area contributed by atoms with E-state index in [0.717, 1.165) is 41.6 Å². The molecule has 0 unspecified atom stereocenters. The molecule has 7 heteroatoms. The average molecular weight is 580 g/mol. The van der Waals surface area contributed by atoms with Crippen molar-refractivity contribution < 1.29 is 20.4 Å². The summed E-state index contributed by atoms with van der Waals surface area (Å²) < 4.78 is 21.3. The van der Waals surface area contributed by atoms with Gasteiger partial charge >= 0.3 is 0 Å². The average Bonchev–Trinajstić information content (AvgIpc) is 2.70. The summed E-state index contributed by atoms with van der Waals surface area (Å²) in [5.74, 6) is 2.84. The highest BCUT2D eigenvalue weighted by atomic mass is 127. The van der Waals surface area contributed by atoms with Crippen LogP contribution in [0.15, 0.2) is 59.1 Å². The van der Waals surface area contributed by atoms with Gasteiger partial charge in [0, 0.05) is 18.1 Å². The molecule has 0 atom stereocenters. The minimum atomic E-state index is 0.630. The molecule has 0 spiro atoms. The van der Waals surface area contributed by atoms with Gasteiger partial charge in [-0.2, -0.15) is 0 Å². The zero-order valence-electron chi connectivity index (χ0n) is 14.3. The summed E-state index contributed by atoms with van der Waals surface area (Å²) in [4.78, 5) is 11.1. The number of carbonyl (C=O) groups is 1. The predicted octanol–water partition coefficient (Wildman–Crippen LogP) is 5.51. The van der Waals surface area contributed by atoms with E-state index in [1.807, 2.05) is 82.4 Å². The first-order valence-corrected chi connectivity index (χ1v) is 9.49. The van der Waals surface area contributed by atoms with Crippen LogP contribution in [-0.2, 0) is 14.3 Å². The lowest BCUT2D eigenvalue weighted by atomic mass is 9.94. The molecule has 0 aliphatic heterocycles. The Hall–Kier alpha value is -1.49. The Morgan fingerprint density at radius 3 is 2.46 bits per heavy atom. The van der Waals surface area contributed by atoms with E-state index in [1.165, 1.54) is 6.08 Å². The summed E-state index contributed by atoms with van der Waals surface area (Å²) in [5.41, 5.74) is 2.69. The minimum Gasteiger partial charge on any atom is -0.501 e. The lowest BCUT2D eigenvalue weighted by Gasteiger charge is -2.19. The molecule has 0 bridgehead atoms. The highest BCUT2D eigenvalue weighted by Crippen LogP contribution is 2.33. The van der Waals surface area contributed by atoms with Gasteiger partial charge in [0.2, 0.25) is 0 Å². The maximum Gasteiger partial charge on any atom is 0.192 e. The van der Waals surface area contributed by atoms with E-state index >= 15 is 0 Å². The van der Waals surface area contributed by atoms with E-state index in [1.54, 1.807) is 14.2 Å². The largest absolute Gasteiger partial charge is 0.501 e. The van der Waals surface area contributed by atoms with Gasteiger partial charge in [0.05, 0.1) is 20.0 Å². The predicted molar refractivity (Wildman–Crippen MR) is 117 cm³/mol. The second-order valence-corrected chi connectivity index (χ2v) is 6.19. The van der Waals surface area contributed by atoms with Crippen molar-refractivity contribution in [1.82, 2.24) is 0 Å². The zero-order valence-corrected chi connectivity index (χ0v) is 18.6. The Morgan fingerprint density at radius 1 is 1.08 bits per heavy atom. The minimum absolute atomic E-state index is 0.630. The molecule has 2 rings (SSSR count). The topological polar surface area (TPSA) is 54.0 Å². The van der Waals surface area contributed by atoms with Crippen molar-refractivity contribution in [3.8, 4) is 11.5 Å². The van der Waals surface area contributed by atoms with Crippen LogP contribution in [0.25, 0.3) is 6.08 Å². The normalized spacial score (nSPS) is 14.9. The fourth-order valence-corrected chi connectivity index (χ4v) is 3.28. The number of aldehydes is 1. The number of carbonyl (C=O) groups excluding carboxylic acids is 1. The van der Waals surface area contributed by atoms with Crippen LogP contribution in [-0.4, -0.2) is 20.5 Å². The summed E-state index contributed by atoms with van der Waals surface area (Å²) in [5, 5.41) is 0. The van der Waals surface area contributed by atoms with Gasteiger partial charge in [-0.3, -0.25) is 4.79 Å². The molecule has 0 radical (unpaired) electrons. The van der Waals surface area contributed by atoms with Gasteiger partial charge in [-0.05, 0) is 35.8 Å². The molecule has 26 heavy (non-hydrogen) atoms. The molecular weight excluding hydrogens is 562 g/mol. The third-order valence-corrected chi connectivity index (χ3v) is 4.83. The van der Waals surface area contributed by atoms with Gasteiger partial charge in [-0.15, -0.1) is 0 Å². The lowest BCUT2D eigenvalue weighted by Crippen LogP contribution is -2.04. The molecule has 0 fully saturated rings. The summed E-state index contributed by atoms with van der Waals surface area (Å²) >= 11 is 3.63. The second-order valence-electron chi connectivity index (χ2n) is 5.31. The van der Waals surface area contributed by atoms with E-state index < -0.39 is 0 Å². The van der Waals surface area contributed by atoms with E-state index in [4.69, 9.17) is 15.6 Å². The van der Waals surface area contributed by atoms with Crippen molar-refractivity contribution in [2.45, 2.75) is 12.8 Å². The molecule has 5 nitrogen and oxygen atoms in total. The molecular formula is C19H18I2O5. The molecule has 0 saturated carbocycles. The van der Waals surface area contributed by atoms with Crippen LogP contribution in [0.2, 0.25) is 0 Å². The van der Waals surface area contributed by atoms with Crippen molar-refractivity contribution in [2.24, 2.45) is 0 Å². The SMILES string of the molecule is COC1=CC(OC)=C(C(=C\C=O)/C=C/c2ccc(OI)c(OI)c2)CC1. The second kappa shape index (κ2) is 10.6. The van der Waals surface area contributed by atoms with Crippen LogP contribution >= 0.6 is 46.0 Å². The van der Waals surface area contributed by atoms with E-state index in [2.05, 4.69) is 0 Å². The third-order valence-electron chi connectivity index (χ3n) is 3.88. The fourth-order valence-electron chi connectivity index (χ4n) is 2.58. The molecule has 0 N–H and O–H groups in total. The highest BCUT2D eigenvalue weighted by Gasteiger charge is 2.17. The molecule has 0 heterocycles. The number of benzene rings is 1. The summed E-state index contributed by atoms with van der Waals surface area (Å²) in [6.07, 6.45) is 9.48. The highest BCUT2D eigenvalue weighted by molar-refractivity contribution is 14.1. The van der Waals surface area contributed by atoms with Gasteiger partial charge in [-0.25, -0.2) is 0 Å². The molecule has 1 aromatic rings. The number of rotatable bonds is 8. The first kappa shape index (κ1) is 20.8. The van der Waals surface area contributed by atoms with Gasteiger partial charge < -0.3 is 15.6 Å². The van der Waals surface area contributed by atoms with Crippen molar-refractivity contribution in [1.29, 1.82) is 0 Å². The third kappa shape index (κ3) is 5.26. The lowest BCUT2D eigenvalue weighted by molar-refractivity contribution is -0.104. The fraction of sp³-hybridized carbons (Fsp3) is 0.211. The quantitative estimate of drug-likeness (QED) is 0.176. The smallest absolute Gasteiger partial charge is 0.192 e. The van der Waals surface area contributed by atoms with Crippen LogP contribution in [0.1, 0.15) is 18.4 Å². The van der Waals surface area contributed by atoms with Crippen molar-refractivity contribution in [2.75, 3.05) is 14.2 Å². The van der Waals surface area contributed by atoms with E-state index in [9.17, 15) is 4.79 Å². The van der Waals surface area contributed by atoms with Gasteiger partial charge in [0.15, 0.2) is 57.5 Å². The first-order chi connectivity index (χ1) is 12.7. The van der Waals surface area contributed by atoms with E-state index in [0.29, 0.717) is 17.3 Å². The molecule has 1 aliphatic rings. The van der Waals surface area contributed by atoms with Crippen LogP contribution in [0.4, 0.5) is 0 Å². The van der Waals surface area contributed by atoms with Gasteiger partial charge in [0.25, 0.3) is 0 Å². The Kier molecular flexibility index (Phi) is 8.49. The molecule has 1 aromatic carbocycles. The maximum absolute atomic E-state index is 11.1. The number of halogens is 2. The van der Waals surface area contributed by atoms with Crippen LogP contribution in [0.3, 0.4) is 0 Å². The number of ether oxygens (including phenoxy) is 2. The van der Waals surface area contributed by atoms with Crippen molar-refractivity contribution in [3.63, 3.8) is 0 Å². The summed E-state index contributed by atoms with van der Waals surface area (Å²) in [6.45, 7) is 0. The zero-order chi connectivity index (χ0) is 18.9. The van der Waals surface area contributed by atoms with Gasteiger partial charge in [0.1, 0.15) is 12.0 Å². The van der Waals surface area contributed by atoms with Gasteiger partial charge in [-0.1, -0.05) is 18.2 Å². The Morgan fingerprint density at radius 2 is 1.85 bits per heavy atom. The molecule has 0 amide bonds. The Balaban J connectivity index is 2.36. The number of hydrogen-bond donors (Lipinski definition) is 0. The summed E-state index contributed by atoms with van der Waals surface area (Å²) in [7, 11) is 3.25. The number of allylic oxidation sites excluding steroid dienone is 6. The monoisotopic (exact) mass is 580 g/mol. The van der Waals surface area contributed by atoms with Crippen LogP contribution in [0.5, 0.6) is 11.5 Å². The molecule has 138 valence electrons.